The van der Waals surface area contributed by atoms with Crippen molar-refractivity contribution in [3.05, 3.63) is 34.9 Å². The van der Waals surface area contributed by atoms with Gasteiger partial charge in [0.1, 0.15) is 0 Å². The lowest BCUT2D eigenvalue weighted by Crippen LogP contribution is -1.95. The van der Waals surface area contributed by atoms with Crippen molar-refractivity contribution in [3.63, 3.8) is 0 Å². The van der Waals surface area contributed by atoms with Gasteiger partial charge >= 0.3 is 0 Å². The maximum absolute atomic E-state index is 8.60. The van der Waals surface area contributed by atoms with E-state index in [-0.39, 0.29) is 0 Å². The van der Waals surface area contributed by atoms with Crippen LogP contribution < -0.4 is 0 Å². The average Bonchev–Trinajstić information content (AvgIpc) is 2.80. The first kappa shape index (κ1) is 9.98. The van der Waals surface area contributed by atoms with E-state index in [0.717, 1.165) is 10.9 Å². The normalized spacial score (nSPS) is 11.8. The van der Waals surface area contributed by atoms with Crippen LogP contribution in [0.4, 0.5) is 0 Å². The number of oxime groups is 1. The molecule has 0 amide bonds. The summed E-state index contributed by atoms with van der Waals surface area (Å²) in [5.74, 6) is 0. The molecule has 2 aromatic heterocycles. The highest BCUT2D eigenvalue weighted by Gasteiger charge is 2.08. The minimum Gasteiger partial charge on any atom is -0.411 e. The topological polar surface area (TPSA) is 75.7 Å². The zero-order valence-corrected chi connectivity index (χ0v) is 9.20. The second-order valence-corrected chi connectivity index (χ2v) is 3.90. The number of halogens is 1. The van der Waals surface area contributed by atoms with E-state index in [1.54, 1.807) is 16.6 Å². The summed E-state index contributed by atoms with van der Waals surface area (Å²) in [7, 11) is 0. The van der Waals surface area contributed by atoms with Gasteiger partial charge in [0.15, 0.2) is 5.65 Å². The molecule has 17 heavy (non-hydrogen) atoms. The molecular weight excluding hydrogens is 242 g/mol. The fraction of sp³-hybridized carbons (Fsp3) is 0. The zero-order valence-electron chi connectivity index (χ0n) is 8.45. The van der Waals surface area contributed by atoms with Gasteiger partial charge in [0.2, 0.25) is 0 Å². The molecule has 0 unspecified atom stereocenters. The molecule has 3 rings (SSSR count). The van der Waals surface area contributed by atoms with Crippen molar-refractivity contribution in [1.29, 1.82) is 0 Å². The predicted octanol–water partition coefficient (Wildman–Crippen LogP) is 1.74. The summed E-state index contributed by atoms with van der Waals surface area (Å²) >= 11 is 5.94. The average molecular weight is 248 g/mol. The fourth-order valence-corrected chi connectivity index (χ4v) is 1.91. The first-order valence-electron chi connectivity index (χ1n) is 4.77. The van der Waals surface area contributed by atoms with Crippen LogP contribution in [0.25, 0.3) is 16.6 Å². The van der Waals surface area contributed by atoms with Gasteiger partial charge in [-0.15, -0.1) is 5.10 Å². The molecule has 0 aliphatic heterocycles. The Morgan fingerprint density at radius 3 is 3.06 bits per heavy atom. The first-order chi connectivity index (χ1) is 8.29. The largest absolute Gasteiger partial charge is 0.411 e. The Morgan fingerprint density at radius 1 is 1.35 bits per heavy atom. The highest BCUT2D eigenvalue weighted by atomic mass is 35.5. The molecule has 1 N–H and O–H groups in total. The van der Waals surface area contributed by atoms with Crippen molar-refractivity contribution in [3.8, 4) is 0 Å². The minimum absolute atomic E-state index is 0.512. The lowest BCUT2D eigenvalue weighted by molar-refractivity contribution is 0.322. The molecule has 0 saturated carbocycles. The molecule has 0 saturated heterocycles. The number of nitrogens with zero attached hydrogens (tertiary/aromatic N) is 5. The van der Waals surface area contributed by atoms with Crippen molar-refractivity contribution in [2.45, 2.75) is 0 Å². The summed E-state index contributed by atoms with van der Waals surface area (Å²) in [4.78, 5) is 0. The van der Waals surface area contributed by atoms with Gasteiger partial charge in [-0.25, -0.2) is 0 Å². The highest BCUT2D eigenvalue weighted by Crippen LogP contribution is 2.21. The van der Waals surface area contributed by atoms with E-state index in [9.17, 15) is 0 Å². The van der Waals surface area contributed by atoms with Crippen LogP contribution in [-0.2, 0) is 0 Å². The molecule has 84 valence electrons. The Balaban J connectivity index is 2.51. The van der Waals surface area contributed by atoms with Crippen LogP contribution in [0, 0.1) is 0 Å². The standard InChI is InChI=1S/C10H6ClN5O/c11-8-2-1-6-3-7(5-12-17)10-13-14-15-16(10)9(6)4-8/h1-5,17H/b12-5+. The number of pyridine rings is 1. The zero-order chi connectivity index (χ0) is 11.8. The van der Waals surface area contributed by atoms with Crippen LogP contribution in [0.5, 0.6) is 0 Å². The molecule has 1 aromatic carbocycles. The van der Waals surface area contributed by atoms with Gasteiger partial charge in [0.25, 0.3) is 0 Å². The molecular formula is C10H6ClN5O. The Hall–Kier alpha value is -2.21. The quantitative estimate of drug-likeness (QED) is 0.404. The Bertz CT molecular complexity index is 736. The van der Waals surface area contributed by atoms with Crippen LogP contribution in [0.15, 0.2) is 29.4 Å². The molecule has 0 fully saturated rings. The fourth-order valence-electron chi connectivity index (χ4n) is 1.74. The third kappa shape index (κ3) is 1.50. The van der Waals surface area contributed by atoms with Gasteiger partial charge in [-0.1, -0.05) is 22.8 Å². The maximum Gasteiger partial charge on any atom is 0.188 e. The Kier molecular flexibility index (Phi) is 2.15. The van der Waals surface area contributed by atoms with Crippen LogP contribution >= 0.6 is 11.6 Å². The van der Waals surface area contributed by atoms with E-state index < -0.39 is 0 Å². The summed E-state index contributed by atoms with van der Waals surface area (Å²) in [6, 6.07) is 7.24. The van der Waals surface area contributed by atoms with Gasteiger partial charge in [-0.2, -0.15) is 4.52 Å². The van der Waals surface area contributed by atoms with E-state index in [0.29, 0.717) is 16.2 Å². The Labute approximate surface area is 100 Å². The number of hydrogen-bond acceptors (Lipinski definition) is 5. The highest BCUT2D eigenvalue weighted by molar-refractivity contribution is 6.31. The first-order valence-corrected chi connectivity index (χ1v) is 5.15. The van der Waals surface area contributed by atoms with Crippen LogP contribution in [-0.4, -0.2) is 31.5 Å². The van der Waals surface area contributed by atoms with Crippen molar-refractivity contribution in [2.24, 2.45) is 5.16 Å². The monoisotopic (exact) mass is 247 g/mol. The van der Waals surface area contributed by atoms with Gasteiger partial charge in [-0.3, -0.25) is 0 Å². The van der Waals surface area contributed by atoms with E-state index in [2.05, 4.69) is 20.7 Å². The number of hydrogen-bond donors (Lipinski definition) is 1. The molecule has 0 spiro atoms. The van der Waals surface area contributed by atoms with Crippen molar-refractivity contribution in [2.75, 3.05) is 0 Å². The molecule has 7 heteroatoms. The summed E-state index contributed by atoms with van der Waals surface area (Å²) in [6.07, 6.45) is 1.29. The molecule has 0 aliphatic rings. The van der Waals surface area contributed by atoms with Crippen LogP contribution in [0.3, 0.4) is 0 Å². The third-order valence-electron chi connectivity index (χ3n) is 2.46. The Morgan fingerprint density at radius 2 is 2.24 bits per heavy atom. The molecule has 0 bridgehead atoms. The van der Waals surface area contributed by atoms with Crippen molar-refractivity contribution in [1.82, 2.24) is 20.0 Å². The second kappa shape index (κ2) is 3.67. The third-order valence-corrected chi connectivity index (χ3v) is 2.69. The minimum atomic E-state index is 0.512. The number of tetrazole rings is 1. The summed E-state index contributed by atoms with van der Waals surface area (Å²) in [6.45, 7) is 0. The molecule has 6 nitrogen and oxygen atoms in total. The van der Waals surface area contributed by atoms with Crippen LogP contribution in [0.1, 0.15) is 5.56 Å². The molecule has 0 aliphatic carbocycles. The number of fused-ring (bicyclic) bond motifs is 3. The molecule has 3 aromatic rings. The van der Waals surface area contributed by atoms with E-state index >= 15 is 0 Å². The summed E-state index contributed by atoms with van der Waals surface area (Å²) < 4.78 is 1.55. The van der Waals surface area contributed by atoms with Gasteiger partial charge in [0, 0.05) is 16.0 Å². The number of rotatable bonds is 1. The number of benzene rings is 1. The van der Waals surface area contributed by atoms with Gasteiger partial charge in [0.05, 0.1) is 11.7 Å². The SMILES string of the molecule is O/N=C/c1cc2ccc(Cl)cc2n2nnnc12. The lowest BCUT2D eigenvalue weighted by Gasteiger charge is -2.02. The van der Waals surface area contributed by atoms with Crippen LogP contribution in [0.2, 0.25) is 5.02 Å². The molecule has 0 radical (unpaired) electrons. The maximum atomic E-state index is 8.60. The smallest absolute Gasteiger partial charge is 0.188 e. The van der Waals surface area contributed by atoms with Crippen molar-refractivity contribution >= 4 is 34.4 Å². The van der Waals surface area contributed by atoms with Crippen molar-refractivity contribution < 1.29 is 5.21 Å². The summed E-state index contributed by atoms with van der Waals surface area (Å²) in [5.41, 5.74) is 1.94. The summed E-state index contributed by atoms with van der Waals surface area (Å²) in [5, 5.41) is 24.5. The van der Waals surface area contributed by atoms with E-state index in [1.165, 1.54) is 6.21 Å². The van der Waals surface area contributed by atoms with E-state index in [1.807, 2.05) is 12.1 Å². The van der Waals surface area contributed by atoms with E-state index in [4.69, 9.17) is 16.8 Å². The lowest BCUT2D eigenvalue weighted by atomic mass is 10.1. The molecule has 2 heterocycles. The second-order valence-electron chi connectivity index (χ2n) is 3.46. The van der Waals surface area contributed by atoms with Gasteiger partial charge in [-0.05, 0) is 28.6 Å². The number of aromatic nitrogens is 4. The van der Waals surface area contributed by atoms with Gasteiger partial charge < -0.3 is 5.21 Å². The molecule has 0 atom stereocenters. The predicted molar refractivity (Wildman–Crippen MR) is 62.7 cm³/mol.